The van der Waals surface area contributed by atoms with Gasteiger partial charge in [-0.15, -0.1) is 5.10 Å². The first-order valence-corrected chi connectivity index (χ1v) is 12.3. The van der Waals surface area contributed by atoms with Gasteiger partial charge in [-0.25, -0.2) is 30.7 Å². The molecule has 7 nitrogen and oxygen atoms in total. The van der Waals surface area contributed by atoms with Gasteiger partial charge in [-0.1, -0.05) is 12.1 Å². The Labute approximate surface area is 192 Å². The number of benzene rings is 2. The van der Waals surface area contributed by atoms with Gasteiger partial charge in [0.2, 0.25) is 0 Å². The fraction of sp³-hybridized carbons (Fsp3) is 0.409. The highest BCUT2D eigenvalue weighted by atomic mass is 32.2. The number of aromatic nitrogens is 4. The molecule has 2 bridgehead atoms. The lowest BCUT2D eigenvalue weighted by molar-refractivity contribution is -0.347. The van der Waals surface area contributed by atoms with Crippen molar-refractivity contribution in [3.63, 3.8) is 0 Å². The molecule has 34 heavy (non-hydrogen) atoms. The first-order valence-electron chi connectivity index (χ1n) is 10.4. The molecule has 0 radical (unpaired) electrons. The zero-order valence-electron chi connectivity index (χ0n) is 17.9. The predicted octanol–water partition coefficient (Wildman–Crippen LogP) is 3.00. The molecule has 1 unspecified atom stereocenters. The Morgan fingerprint density at radius 3 is 2.26 bits per heavy atom. The molecular weight excluding hydrogens is 476 g/mol. The Hall–Kier alpha value is -2.86. The molecular formula is C22H20F4N4O3S. The van der Waals surface area contributed by atoms with E-state index in [4.69, 9.17) is 0 Å². The topological polar surface area (TPSA) is 98.0 Å². The summed E-state index contributed by atoms with van der Waals surface area (Å²) in [5.74, 6) is -6.08. The van der Waals surface area contributed by atoms with E-state index in [1.165, 1.54) is 12.1 Å². The average molecular weight is 496 g/mol. The number of nitrogens with zero attached hydrogens (tertiary/aromatic N) is 4. The lowest BCUT2D eigenvalue weighted by Gasteiger charge is -2.74. The summed E-state index contributed by atoms with van der Waals surface area (Å²) >= 11 is 0. The molecule has 1 heterocycles. The van der Waals surface area contributed by atoms with Gasteiger partial charge in [0.25, 0.3) is 5.92 Å². The van der Waals surface area contributed by atoms with Gasteiger partial charge < -0.3 is 5.11 Å². The largest absolute Gasteiger partial charge is 0.377 e. The Kier molecular flexibility index (Phi) is 4.77. The smallest absolute Gasteiger partial charge is 0.287 e. The van der Waals surface area contributed by atoms with Crippen LogP contribution in [-0.4, -0.2) is 45.9 Å². The fourth-order valence-electron chi connectivity index (χ4n) is 5.59. The third kappa shape index (κ3) is 3.11. The quantitative estimate of drug-likeness (QED) is 0.505. The second-order valence-corrected chi connectivity index (χ2v) is 11.5. The van der Waals surface area contributed by atoms with Crippen molar-refractivity contribution in [2.75, 3.05) is 6.26 Å². The van der Waals surface area contributed by atoms with Crippen molar-refractivity contribution in [2.24, 2.45) is 5.41 Å². The molecule has 0 aliphatic heterocycles. The van der Waals surface area contributed by atoms with E-state index in [-0.39, 0.29) is 24.2 Å². The molecule has 0 spiro atoms. The number of rotatable bonds is 7. The Bertz CT molecular complexity index is 1340. The van der Waals surface area contributed by atoms with E-state index in [0.717, 1.165) is 35.0 Å². The van der Waals surface area contributed by atoms with Crippen LogP contribution in [0.4, 0.5) is 17.6 Å². The number of tetrazole rings is 1. The number of hydrogen-bond donors (Lipinski definition) is 1. The zero-order valence-corrected chi connectivity index (χ0v) is 18.7. The van der Waals surface area contributed by atoms with Crippen molar-refractivity contribution < 1.29 is 31.1 Å². The SMILES string of the molecule is CS(=O)(=O)c1ccc(C23CC(C(F)(F)C(O)(Cn4cnnn4)c4ccc(F)cc4F)(C2)C3)cc1. The normalized spacial score (nSPS) is 25.8. The van der Waals surface area contributed by atoms with Crippen LogP contribution in [0.5, 0.6) is 0 Å². The molecule has 0 saturated heterocycles. The van der Waals surface area contributed by atoms with Crippen LogP contribution in [0.25, 0.3) is 0 Å². The van der Waals surface area contributed by atoms with Crippen molar-refractivity contribution >= 4 is 9.84 Å². The maximum Gasteiger partial charge on any atom is 0.287 e. The third-order valence-corrected chi connectivity index (χ3v) is 8.40. The standard InChI is InChI=1S/C22H20F4N4O3S/c1-34(32,33)16-5-2-14(3-6-16)19-9-20(10-19,11-19)22(25,26)21(31,12-30-13-27-28-29-30)17-7-4-15(23)8-18(17)24/h2-8,13,31H,9-12H2,1H3. The van der Waals surface area contributed by atoms with Gasteiger partial charge in [0, 0.05) is 23.3 Å². The lowest BCUT2D eigenvalue weighted by atomic mass is 9.30. The molecule has 6 rings (SSSR count). The van der Waals surface area contributed by atoms with Gasteiger partial charge in [0.15, 0.2) is 15.4 Å². The highest BCUT2D eigenvalue weighted by Gasteiger charge is 2.82. The van der Waals surface area contributed by atoms with Gasteiger partial charge in [-0.2, -0.15) is 0 Å². The van der Waals surface area contributed by atoms with Crippen molar-refractivity contribution in [2.45, 2.75) is 47.6 Å². The minimum Gasteiger partial charge on any atom is -0.377 e. The van der Waals surface area contributed by atoms with E-state index < -0.39 is 55.9 Å². The first kappa shape index (κ1) is 22.9. The summed E-state index contributed by atoms with van der Waals surface area (Å²) in [6, 6.07) is 8.19. The van der Waals surface area contributed by atoms with Gasteiger partial charge in [0.05, 0.1) is 11.4 Å². The number of alkyl halides is 2. The number of hydrogen-bond acceptors (Lipinski definition) is 6. The summed E-state index contributed by atoms with van der Waals surface area (Å²) in [6.07, 6.45) is 2.16. The van der Waals surface area contributed by atoms with E-state index in [1.54, 1.807) is 12.1 Å². The molecule has 3 fully saturated rings. The van der Waals surface area contributed by atoms with Crippen molar-refractivity contribution in [3.05, 3.63) is 71.6 Å². The van der Waals surface area contributed by atoms with Crippen LogP contribution in [0.15, 0.2) is 53.7 Å². The van der Waals surface area contributed by atoms with E-state index in [9.17, 15) is 22.3 Å². The second kappa shape index (κ2) is 7.08. The van der Waals surface area contributed by atoms with E-state index in [1.807, 2.05) is 0 Å². The summed E-state index contributed by atoms with van der Waals surface area (Å²) < 4.78 is 84.7. The van der Waals surface area contributed by atoms with Crippen molar-refractivity contribution in [1.29, 1.82) is 0 Å². The summed E-state index contributed by atoms with van der Waals surface area (Å²) in [6.45, 7) is -0.840. The average Bonchev–Trinajstić information content (AvgIpc) is 3.18. The molecule has 3 saturated carbocycles. The second-order valence-electron chi connectivity index (χ2n) is 9.45. The lowest BCUT2D eigenvalue weighted by Crippen LogP contribution is -2.76. The zero-order chi connectivity index (χ0) is 24.6. The Balaban J connectivity index is 1.48. The highest BCUT2D eigenvalue weighted by Crippen LogP contribution is 2.80. The van der Waals surface area contributed by atoms with Gasteiger partial charge in [-0.05, 0) is 64.9 Å². The third-order valence-electron chi connectivity index (χ3n) is 7.27. The maximum absolute atomic E-state index is 16.1. The molecule has 3 aliphatic rings. The van der Waals surface area contributed by atoms with Crippen LogP contribution in [0, 0.1) is 17.0 Å². The maximum atomic E-state index is 16.1. The molecule has 3 aromatic rings. The van der Waals surface area contributed by atoms with Crippen LogP contribution in [0.1, 0.15) is 30.4 Å². The van der Waals surface area contributed by atoms with Gasteiger partial charge in [-0.3, -0.25) is 0 Å². The van der Waals surface area contributed by atoms with Gasteiger partial charge >= 0.3 is 0 Å². The predicted molar refractivity (Wildman–Crippen MR) is 111 cm³/mol. The highest BCUT2D eigenvalue weighted by molar-refractivity contribution is 7.90. The number of halogens is 4. The fourth-order valence-corrected chi connectivity index (χ4v) is 6.22. The minimum absolute atomic E-state index is 0.0198. The molecule has 1 atom stereocenters. The molecule has 0 amide bonds. The summed E-state index contributed by atoms with van der Waals surface area (Å²) in [4.78, 5) is 0.130. The monoisotopic (exact) mass is 496 g/mol. The summed E-state index contributed by atoms with van der Waals surface area (Å²) in [5.41, 5.74) is -5.25. The molecule has 1 aromatic heterocycles. The van der Waals surface area contributed by atoms with E-state index >= 15 is 8.78 Å². The number of aliphatic hydroxyl groups is 1. The van der Waals surface area contributed by atoms with Crippen molar-refractivity contribution in [3.8, 4) is 0 Å². The number of sulfone groups is 1. The molecule has 180 valence electrons. The van der Waals surface area contributed by atoms with Crippen LogP contribution < -0.4 is 0 Å². The Morgan fingerprint density at radius 1 is 1.09 bits per heavy atom. The summed E-state index contributed by atoms with van der Waals surface area (Å²) in [5, 5.41) is 21.7. The first-order chi connectivity index (χ1) is 15.8. The van der Waals surface area contributed by atoms with Crippen LogP contribution in [0.3, 0.4) is 0 Å². The molecule has 2 aromatic carbocycles. The molecule has 12 heteroatoms. The van der Waals surface area contributed by atoms with E-state index in [0.29, 0.717) is 6.07 Å². The Morgan fingerprint density at radius 2 is 1.74 bits per heavy atom. The van der Waals surface area contributed by atoms with E-state index in [2.05, 4.69) is 15.5 Å². The summed E-state index contributed by atoms with van der Waals surface area (Å²) in [7, 11) is -3.39. The molecule has 1 N–H and O–H groups in total. The molecule has 3 aliphatic carbocycles. The minimum atomic E-state index is -3.82. The van der Waals surface area contributed by atoms with Crippen LogP contribution in [-0.2, 0) is 27.4 Å². The van der Waals surface area contributed by atoms with Crippen LogP contribution >= 0.6 is 0 Å². The van der Waals surface area contributed by atoms with Gasteiger partial charge in [0.1, 0.15) is 18.0 Å². The van der Waals surface area contributed by atoms with Crippen molar-refractivity contribution in [1.82, 2.24) is 20.2 Å². The van der Waals surface area contributed by atoms with Crippen LogP contribution in [0.2, 0.25) is 0 Å².